The fourth-order valence-electron chi connectivity index (χ4n) is 3.85. The SMILES string of the molecule is C[C@H]1CCc2nc3ccccc3c(C(=O)OCC(=O)Nc3ncc(C(F)(F)F)cc3Cl)c2C1. The number of rotatable bonds is 4. The lowest BCUT2D eigenvalue weighted by atomic mass is 9.84. The Labute approximate surface area is 192 Å². The number of alkyl halides is 3. The van der Waals surface area contributed by atoms with Crippen molar-refractivity contribution < 1.29 is 27.5 Å². The van der Waals surface area contributed by atoms with Crippen LogP contribution < -0.4 is 5.32 Å². The van der Waals surface area contributed by atoms with E-state index < -0.39 is 30.2 Å². The molecule has 33 heavy (non-hydrogen) atoms. The number of halogens is 4. The molecule has 1 aliphatic rings. The zero-order valence-corrected chi connectivity index (χ0v) is 18.3. The van der Waals surface area contributed by atoms with E-state index in [1.807, 2.05) is 12.1 Å². The number of para-hydroxylation sites is 1. The minimum atomic E-state index is -4.61. The Kier molecular flexibility index (Phi) is 6.25. The monoisotopic (exact) mass is 477 g/mol. The number of benzene rings is 1. The second-order valence-electron chi connectivity index (χ2n) is 7.95. The quantitative estimate of drug-likeness (QED) is 0.521. The highest BCUT2D eigenvalue weighted by Gasteiger charge is 2.32. The Bertz CT molecular complexity index is 1250. The van der Waals surface area contributed by atoms with Gasteiger partial charge in [-0.2, -0.15) is 13.2 Å². The standard InChI is InChI=1S/C23H19ClF3N3O3/c1-12-6-7-18-15(8-12)20(14-4-2-3-5-17(14)29-18)22(32)33-11-19(31)30-21-16(24)9-13(10-28-21)23(25,26)27/h2-5,9-10,12H,6-8,11H2,1H3,(H,28,30,31)/t12-/m0/s1. The molecule has 2 aromatic heterocycles. The van der Waals surface area contributed by atoms with E-state index in [1.165, 1.54) is 0 Å². The van der Waals surface area contributed by atoms with Crippen LogP contribution in [0.25, 0.3) is 10.9 Å². The van der Waals surface area contributed by atoms with E-state index in [4.69, 9.17) is 16.3 Å². The Morgan fingerprint density at radius 3 is 2.76 bits per heavy atom. The summed E-state index contributed by atoms with van der Waals surface area (Å²) in [5.74, 6) is -1.33. The molecule has 0 radical (unpaired) electrons. The van der Waals surface area contributed by atoms with E-state index in [1.54, 1.807) is 12.1 Å². The molecule has 1 atom stereocenters. The molecule has 10 heteroatoms. The third-order valence-electron chi connectivity index (χ3n) is 5.47. The number of aryl methyl sites for hydroxylation is 1. The highest BCUT2D eigenvalue weighted by Crippen LogP contribution is 2.33. The number of amides is 1. The second kappa shape index (κ2) is 8.97. The molecule has 0 spiro atoms. The molecular weight excluding hydrogens is 459 g/mol. The van der Waals surface area contributed by atoms with Crippen molar-refractivity contribution in [3.05, 3.63) is 63.9 Å². The van der Waals surface area contributed by atoms with Crippen LogP contribution >= 0.6 is 11.6 Å². The Balaban J connectivity index is 1.52. The number of carbonyl (C=O) groups is 2. The van der Waals surface area contributed by atoms with Crippen molar-refractivity contribution in [2.24, 2.45) is 5.92 Å². The lowest BCUT2D eigenvalue weighted by molar-refractivity contribution is -0.137. The molecule has 0 aliphatic heterocycles. The van der Waals surface area contributed by atoms with Crippen LogP contribution in [0.3, 0.4) is 0 Å². The molecule has 1 aliphatic carbocycles. The first-order valence-electron chi connectivity index (χ1n) is 10.2. The molecule has 0 fully saturated rings. The van der Waals surface area contributed by atoms with Crippen LogP contribution in [-0.4, -0.2) is 28.5 Å². The largest absolute Gasteiger partial charge is 0.452 e. The molecule has 1 N–H and O–H groups in total. The van der Waals surface area contributed by atoms with E-state index in [9.17, 15) is 22.8 Å². The lowest BCUT2D eigenvalue weighted by Gasteiger charge is -2.24. The van der Waals surface area contributed by atoms with E-state index in [0.29, 0.717) is 41.1 Å². The maximum atomic E-state index is 13.0. The van der Waals surface area contributed by atoms with Gasteiger partial charge < -0.3 is 10.1 Å². The Morgan fingerprint density at radius 1 is 1.27 bits per heavy atom. The summed E-state index contributed by atoms with van der Waals surface area (Å²) in [6.45, 7) is 1.44. The average Bonchev–Trinajstić information content (AvgIpc) is 2.76. The second-order valence-corrected chi connectivity index (χ2v) is 8.36. The van der Waals surface area contributed by atoms with Gasteiger partial charge in [-0.1, -0.05) is 36.7 Å². The highest BCUT2D eigenvalue weighted by atomic mass is 35.5. The summed E-state index contributed by atoms with van der Waals surface area (Å²) >= 11 is 5.80. The van der Waals surface area contributed by atoms with Crippen LogP contribution in [0.1, 0.15) is 40.5 Å². The fourth-order valence-corrected chi connectivity index (χ4v) is 4.07. The number of ether oxygens (including phenoxy) is 1. The van der Waals surface area contributed by atoms with Crippen molar-refractivity contribution in [1.82, 2.24) is 9.97 Å². The van der Waals surface area contributed by atoms with Gasteiger partial charge in [-0.05, 0) is 42.9 Å². The molecular formula is C23H19ClF3N3O3. The fraction of sp³-hybridized carbons (Fsp3) is 0.304. The molecule has 1 amide bonds. The maximum Gasteiger partial charge on any atom is 0.417 e. The van der Waals surface area contributed by atoms with Gasteiger partial charge in [0, 0.05) is 17.3 Å². The van der Waals surface area contributed by atoms with Crippen molar-refractivity contribution in [3.8, 4) is 0 Å². The van der Waals surface area contributed by atoms with Crippen LogP contribution in [0.15, 0.2) is 36.5 Å². The lowest BCUT2D eigenvalue weighted by Crippen LogP contribution is -2.24. The summed E-state index contributed by atoms with van der Waals surface area (Å²) in [5.41, 5.74) is 1.69. The van der Waals surface area contributed by atoms with Gasteiger partial charge >= 0.3 is 12.1 Å². The van der Waals surface area contributed by atoms with Crippen molar-refractivity contribution in [2.75, 3.05) is 11.9 Å². The summed E-state index contributed by atoms with van der Waals surface area (Å²) < 4.78 is 43.5. The van der Waals surface area contributed by atoms with Crippen LogP contribution in [-0.2, 0) is 28.5 Å². The predicted octanol–water partition coefficient (Wildman–Crippen LogP) is 5.22. The molecule has 172 valence electrons. The maximum absolute atomic E-state index is 13.0. The van der Waals surface area contributed by atoms with Crippen molar-refractivity contribution in [3.63, 3.8) is 0 Å². The molecule has 6 nitrogen and oxygen atoms in total. The first kappa shape index (κ1) is 23.0. The van der Waals surface area contributed by atoms with Crippen molar-refractivity contribution >= 4 is 40.2 Å². The van der Waals surface area contributed by atoms with Gasteiger partial charge in [-0.3, -0.25) is 9.78 Å². The third kappa shape index (κ3) is 4.93. The molecule has 1 aromatic carbocycles. The molecule has 0 bridgehead atoms. The van der Waals surface area contributed by atoms with Gasteiger partial charge in [-0.25, -0.2) is 9.78 Å². The van der Waals surface area contributed by atoms with Gasteiger partial charge in [0.2, 0.25) is 0 Å². The van der Waals surface area contributed by atoms with Gasteiger partial charge in [0.1, 0.15) is 0 Å². The van der Waals surface area contributed by atoms with Crippen LogP contribution in [0.4, 0.5) is 19.0 Å². The zero-order valence-electron chi connectivity index (χ0n) is 17.5. The number of aromatic nitrogens is 2. The molecule has 0 unspecified atom stereocenters. The number of anilines is 1. The minimum Gasteiger partial charge on any atom is -0.452 e. The zero-order chi connectivity index (χ0) is 23.8. The minimum absolute atomic E-state index is 0.258. The van der Waals surface area contributed by atoms with Crippen molar-refractivity contribution in [1.29, 1.82) is 0 Å². The average molecular weight is 478 g/mol. The first-order valence-corrected chi connectivity index (χ1v) is 10.6. The van der Waals surface area contributed by atoms with Crippen molar-refractivity contribution in [2.45, 2.75) is 32.4 Å². The molecule has 4 rings (SSSR count). The van der Waals surface area contributed by atoms with Gasteiger partial charge in [0.05, 0.1) is 21.7 Å². The molecule has 0 saturated heterocycles. The van der Waals surface area contributed by atoms with Gasteiger partial charge in [-0.15, -0.1) is 0 Å². The van der Waals surface area contributed by atoms with Crippen LogP contribution in [0, 0.1) is 5.92 Å². The topological polar surface area (TPSA) is 81.2 Å². The number of nitrogens with one attached hydrogen (secondary N) is 1. The molecule has 2 heterocycles. The van der Waals surface area contributed by atoms with Gasteiger partial charge in [0.15, 0.2) is 12.4 Å². The predicted molar refractivity (Wildman–Crippen MR) is 116 cm³/mol. The number of esters is 1. The van der Waals surface area contributed by atoms with Gasteiger partial charge in [0.25, 0.3) is 5.91 Å². The number of hydrogen-bond acceptors (Lipinski definition) is 5. The normalized spacial score (nSPS) is 15.7. The Morgan fingerprint density at radius 2 is 2.03 bits per heavy atom. The Hall–Kier alpha value is -3.20. The highest BCUT2D eigenvalue weighted by molar-refractivity contribution is 6.33. The van der Waals surface area contributed by atoms with Crippen LogP contribution in [0.2, 0.25) is 5.02 Å². The molecule has 0 saturated carbocycles. The number of fused-ring (bicyclic) bond motifs is 2. The summed E-state index contributed by atoms with van der Waals surface area (Å²) in [5, 5.41) is 2.52. The van der Waals surface area contributed by atoms with E-state index in [2.05, 4.69) is 22.2 Å². The number of pyridine rings is 2. The van der Waals surface area contributed by atoms with Crippen LogP contribution in [0.5, 0.6) is 0 Å². The summed E-state index contributed by atoms with van der Waals surface area (Å²) in [6, 6.07) is 7.88. The summed E-state index contributed by atoms with van der Waals surface area (Å²) in [4.78, 5) is 33.5. The third-order valence-corrected chi connectivity index (χ3v) is 5.76. The van der Waals surface area contributed by atoms with E-state index >= 15 is 0 Å². The van der Waals surface area contributed by atoms with E-state index in [-0.39, 0.29) is 10.8 Å². The summed E-state index contributed by atoms with van der Waals surface area (Å²) in [7, 11) is 0. The number of carbonyl (C=O) groups excluding carboxylic acids is 2. The first-order chi connectivity index (χ1) is 15.6. The molecule has 3 aromatic rings. The van der Waals surface area contributed by atoms with E-state index in [0.717, 1.165) is 24.1 Å². The number of nitrogens with zero attached hydrogens (tertiary/aromatic N) is 2. The smallest absolute Gasteiger partial charge is 0.417 e. The summed E-state index contributed by atoms with van der Waals surface area (Å²) in [6.07, 6.45) is -1.66. The number of hydrogen-bond donors (Lipinski definition) is 1.